The molecule has 1 aromatic heterocycles. The molecule has 0 aliphatic heterocycles. The number of benzene rings is 1. The average Bonchev–Trinajstić information content (AvgIpc) is 2.60. The van der Waals surface area contributed by atoms with E-state index in [2.05, 4.69) is 24.9 Å². The van der Waals surface area contributed by atoms with Crippen LogP contribution in [0.25, 0.3) is 11.1 Å². The zero-order valence-corrected chi connectivity index (χ0v) is 14.3. The van der Waals surface area contributed by atoms with Crippen molar-refractivity contribution < 1.29 is 4.74 Å². The largest absolute Gasteiger partial charge is 0.494 e. The second-order valence-electron chi connectivity index (χ2n) is 6.50. The monoisotopic (exact) mass is 321 g/mol. The highest BCUT2D eigenvalue weighted by atomic mass is 16.5. The molecule has 0 amide bonds. The zero-order valence-electron chi connectivity index (χ0n) is 14.3. The Morgan fingerprint density at radius 3 is 2.75 bits per heavy atom. The lowest BCUT2D eigenvalue weighted by Gasteiger charge is -2.25. The van der Waals surface area contributed by atoms with Gasteiger partial charge in [-0.05, 0) is 54.9 Å². The maximum absolute atomic E-state index is 9.60. The third-order valence-corrected chi connectivity index (χ3v) is 4.57. The fourth-order valence-corrected chi connectivity index (χ4v) is 3.32. The number of aromatic nitrogens is 1. The zero-order chi connectivity index (χ0) is 17.1. The molecule has 0 bridgehead atoms. The van der Waals surface area contributed by atoms with Crippen molar-refractivity contribution in [3.05, 3.63) is 41.1 Å². The van der Waals surface area contributed by atoms with E-state index in [-0.39, 0.29) is 0 Å². The van der Waals surface area contributed by atoms with Crippen molar-refractivity contribution in [2.45, 2.75) is 39.5 Å². The first-order chi connectivity index (χ1) is 11.6. The normalized spacial score (nSPS) is 16.3. The smallest absolute Gasteiger partial charge is 0.142 e. The van der Waals surface area contributed by atoms with E-state index in [9.17, 15) is 5.26 Å². The molecule has 1 aliphatic carbocycles. The molecular weight excluding hydrogens is 298 g/mol. The molecule has 1 heterocycles. The number of aryl methyl sites for hydroxylation is 1. The number of ether oxygens (including phenoxy) is 1. The summed E-state index contributed by atoms with van der Waals surface area (Å²) in [5.41, 5.74) is 10.7. The Morgan fingerprint density at radius 2 is 2.08 bits per heavy atom. The number of fused-ring (bicyclic) bond motifs is 1. The number of rotatable bonds is 4. The number of nitrogen functional groups attached to an aromatic ring is 1. The Morgan fingerprint density at radius 1 is 1.33 bits per heavy atom. The second-order valence-corrected chi connectivity index (χ2v) is 6.50. The number of pyridine rings is 1. The van der Waals surface area contributed by atoms with Gasteiger partial charge in [-0.3, -0.25) is 0 Å². The van der Waals surface area contributed by atoms with E-state index in [1.54, 1.807) is 0 Å². The van der Waals surface area contributed by atoms with Crippen LogP contribution in [-0.4, -0.2) is 11.6 Å². The Labute approximate surface area is 143 Å². The Hall–Kier alpha value is -2.54. The van der Waals surface area contributed by atoms with Gasteiger partial charge in [0.15, 0.2) is 0 Å². The summed E-state index contributed by atoms with van der Waals surface area (Å²) in [7, 11) is 0. The Balaban J connectivity index is 2.09. The number of hydrogen-bond acceptors (Lipinski definition) is 4. The Bertz CT molecular complexity index is 775. The van der Waals surface area contributed by atoms with Crippen LogP contribution in [0.2, 0.25) is 0 Å². The number of hydrogen-bond donors (Lipinski definition) is 1. The average molecular weight is 321 g/mol. The van der Waals surface area contributed by atoms with Crippen LogP contribution in [0.1, 0.15) is 43.5 Å². The summed E-state index contributed by atoms with van der Waals surface area (Å²) in [6.45, 7) is 5.04. The molecule has 0 saturated carbocycles. The summed E-state index contributed by atoms with van der Waals surface area (Å²) in [4.78, 5) is 4.49. The molecule has 124 valence electrons. The summed E-state index contributed by atoms with van der Waals surface area (Å²) in [5.74, 6) is 1.79. The lowest BCUT2D eigenvalue weighted by Crippen LogP contribution is -2.16. The van der Waals surface area contributed by atoms with Gasteiger partial charge in [0.2, 0.25) is 0 Å². The summed E-state index contributed by atoms with van der Waals surface area (Å²) in [6, 6.07) is 10.2. The van der Waals surface area contributed by atoms with Gasteiger partial charge in [0.1, 0.15) is 23.2 Å². The quantitative estimate of drug-likeness (QED) is 0.919. The SMILES string of the molecule is CCCOc1ccc(-c2c(C#N)c(N)nc3c2CC(C)CC3)cc1. The van der Waals surface area contributed by atoms with Gasteiger partial charge in [-0.15, -0.1) is 0 Å². The van der Waals surface area contributed by atoms with Crippen molar-refractivity contribution in [3.8, 4) is 22.9 Å². The predicted octanol–water partition coefficient (Wildman–Crippen LogP) is 4.12. The molecule has 0 spiro atoms. The summed E-state index contributed by atoms with van der Waals surface area (Å²) < 4.78 is 5.65. The van der Waals surface area contributed by atoms with Crippen molar-refractivity contribution in [2.75, 3.05) is 12.3 Å². The maximum atomic E-state index is 9.60. The molecule has 1 aromatic carbocycles. The van der Waals surface area contributed by atoms with E-state index in [1.807, 2.05) is 24.3 Å². The van der Waals surface area contributed by atoms with Crippen LogP contribution in [-0.2, 0) is 12.8 Å². The van der Waals surface area contributed by atoms with Crippen molar-refractivity contribution in [2.24, 2.45) is 5.92 Å². The minimum absolute atomic E-state index is 0.340. The van der Waals surface area contributed by atoms with Crippen molar-refractivity contribution in [3.63, 3.8) is 0 Å². The first-order valence-corrected chi connectivity index (χ1v) is 8.58. The van der Waals surface area contributed by atoms with Gasteiger partial charge in [-0.1, -0.05) is 26.0 Å². The van der Waals surface area contributed by atoms with Crippen LogP contribution in [0.15, 0.2) is 24.3 Å². The fraction of sp³-hybridized carbons (Fsp3) is 0.400. The number of nitrogens with zero attached hydrogens (tertiary/aromatic N) is 2. The molecule has 24 heavy (non-hydrogen) atoms. The Kier molecular flexibility index (Phi) is 4.71. The van der Waals surface area contributed by atoms with Gasteiger partial charge >= 0.3 is 0 Å². The molecule has 4 heteroatoms. The van der Waals surface area contributed by atoms with Gasteiger partial charge in [0.05, 0.1) is 6.61 Å². The first kappa shape index (κ1) is 16.3. The van der Waals surface area contributed by atoms with Gasteiger partial charge in [0.25, 0.3) is 0 Å². The molecule has 1 unspecified atom stereocenters. The van der Waals surface area contributed by atoms with Gasteiger partial charge in [-0.25, -0.2) is 4.98 Å². The van der Waals surface area contributed by atoms with E-state index in [0.29, 0.717) is 23.9 Å². The first-order valence-electron chi connectivity index (χ1n) is 8.58. The van der Waals surface area contributed by atoms with E-state index in [4.69, 9.17) is 10.5 Å². The van der Waals surface area contributed by atoms with Crippen LogP contribution in [0.5, 0.6) is 5.75 Å². The lowest BCUT2D eigenvalue weighted by atomic mass is 9.82. The van der Waals surface area contributed by atoms with Crippen LogP contribution in [0.3, 0.4) is 0 Å². The topological polar surface area (TPSA) is 71.9 Å². The summed E-state index contributed by atoms with van der Waals surface area (Å²) >= 11 is 0. The third kappa shape index (κ3) is 3.07. The van der Waals surface area contributed by atoms with Crippen LogP contribution in [0, 0.1) is 17.2 Å². The maximum Gasteiger partial charge on any atom is 0.142 e. The van der Waals surface area contributed by atoms with E-state index in [0.717, 1.165) is 48.3 Å². The highest BCUT2D eigenvalue weighted by Crippen LogP contribution is 2.37. The van der Waals surface area contributed by atoms with E-state index >= 15 is 0 Å². The molecule has 3 rings (SSSR count). The number of nitriles is 1. The molecule has 2 N–H and O–H groups in total. The molecule has 2 aromatic rings. The number of nitrogens with two attached hydrogens (primary N) is 1. The van der Waals surface area contributed by atoms with Crippen LogP contribution < -0.4 is 10.5 Å². The van der Waals surface area contributed by atoms with E-state index < -0.39 is 0 Å². The highest BCUT2D eigenvalue weighted by molar-refractivity contribution is 5.79. The third-order valence-electron chi connectivity index (χ3n) is 4.57. The van der Waals surface area contributed by atoms with Gasteiger partial charge in [-0.2, -0.15) is 5.26 Å². The molecule has 1 atom stereocenters. The highest BCUT2D eigenvalue weighted by Gasteiger charge is 2.24. The van der Waals surface area contributed by atoms with Crippen LogP contribution >= 0.6 is 0 Å². The predicted molar refractivity (Wildman–Crippen MR) is 95.8 cm³/mol. The standard InChI is InChI=1S/C20H23N3O/c1-3-10-24-15-7-5-14(6-8-15)19-16-11-13(2)4-9-18(16)23-20(22)17(19)12-21/h5-8,13H,3-4,9-11H2,1-2H3,(H2,22,23). The fourth-order valence-electron chi connectivity index (χ4n) is 3.32. The van der Waals surface area contributed by atoms with Crippen LogP contribution in [0.4, 0.5) is 5.82 Å². The summed E-state index contributed by atoms with van der Waals surface area (Å²) in [6.07, 6.45) is 3.97. The molecule has 0 radical (unpaired) electrons. The molecule has 4 nitrogen and oxygen atoms in total. The molecular formula is C20H23N3O. The summed E-state index contributed by atoms with van der Waals surface area (Å²) in [5, 5.41) is 9.60. The van der Waals surface area contributed by atoms with Crippen molar-refractivity contribution >= 4 is 5.82 Å². The minimum atomic E-state index is 0.340. The molecule has 1 aliphatic rings. The molecule has 0 saturated heterocycles. The number of anilines is 1. The minimum Gasteiger partial charge on any atom is -0.494 e. The van der Waals surface area contributed by atoms with Gasteiger partial charge < -0.3 is 10.5 Å². The van der Waals surface area contributed by atoms with E-state index in [1.165, 1.54) is 5.56 Å². The van der Waals surface area contributed by atoms with Crippen molar-refractivity contribution in [1.82, 2.24) is 4.98 Å². The lowest BCUT2D eigenvalue weighted by molar-refractivity contribution is 0.317. The second kappa shape index (κ2) is 6.92. The van der Waals surface area contributed by atoms with Crippen molar-refractivity contribution in [1.29, 1.82) is 5.26 Å². The molecule has 0 fully saturated rings. The van der Waals surface area contributed by atoms with Gasteiger partial charge in [0, 0.05) is 11.3 Å².